The van der Waals surface area contributed by atoms with Gasteiger partial charge in [0.1, 0.15) is 0 Å². The molecule has 0 aliphatic heterocycles. The molecular weight excluding hydrogens is 597 g/mol. The van der Waals surface area contributed by atoms with Crippen LogP contribution in [-0.4, -0.2) is 19.1 Å². The molecule has 7 aromatic carbocycles. The number of hydrogen-bond acceptors (Lipinski definition) is 2. The van der Waals surface area contributed by atoms with Gasteiger partial charge in [-0.1, -0.05) is 58.7 Å². The predicted octanol–water partition coefficient (Wildman–Crippen LogP) is 11.7. The fourth-order valence-electron chi connectivity index (χ4n) is 8.12. The molecule has 10 aromatic rings. The molecule has 0 spiro atoms. The van der Waals surface area contributed by atoms with E-state index in [9.17, 15) is 0 Å². The number of fused-ring (bicyclic) bond motifs is 12. The van der Waals surface area contributed by atoms with Gasteiger partial charge in [-0.15, -0.1) is 0 Å². The maximum atomic E-state index is 5.06. The van der Waals surface area contributed by atoms with Crippen LogP contribution in [0, 0.1) is 34.6 Å². The van der Waals surface area contributed by atoms with E-state index >= 15 is 0 Å². The Labute approximate surface area is 283 Å². The van der Waals surface area contributed by atoms with Crippen LogP contribution in [0.15, 0.2) is 115 Å². The van der Waals surface area contributed by atoms with E-state index in [1.165, 1.54) is 76.6 Å². The molecule has 0 saturated carbocycles. The van der Waals surface area contributed by atoms with Crippen molar-refractivity contribution in [2.75, 3.05) is 0 Å². The summed E-state index contributed by atoms with van der Waals surface area (Å²) in [6.45, 7) is 10.7. The van der Waals surface area contributed by atoms with Crippen LogP contribution in [0.25, 0.3) is 87.6 Å². The quantitative estimate of drug-likeness (QED) is 0.178. The van der Waals surface area contributed by atoms with E-state index in [-0.39, 0.29) is 0 Å². The zero-order valence-corrected chi connectivity index (χ0v) is 28.3. The zero-order valence-electron chi connectivity index (χ0n) is 28.3. The minimum atomic E-state index is 0.915. The summed E-state index contributed by atoms with van der Waals surface area (Å²) in [5.41, 5.74) is 15.0. The number of hydrogen-bond donors (Lipinski definition) is 0. The van der Waals surface area contributed by atoms with Gasteiger partial charge in [-0.2, -0.15) is 0 Å². The molecule has 0 saturated heterocycles. The van der Waals surface area contributed by atoms with Crippen LogP contribution >= 0.6 is 0 Å². The Hall–Kier alpha value is -6.00. The molecule has 4 nitrogen and oxygen atoms in total. The van der Waals surface area contributed by atoms with Gasteiger partial charge in [-0.05, 0) is 118 Å². The first-order valence-corrected chi connectivity index (χ1v) is 17.0. The molecular formula is C45H34N4. The van der Waals surface area contributed by atoms with Gasteiger partial charge in [0.25, 0.3) is 0 Å². The largest absolute Gasteiger partial charge is 0.309 e. The van der Waals surface area contributed by atoms with Crippen molar-refractivity contribution in [1.82, 2.24) is 19.1 Å². The molecule has 234 valence electrons. The van der Waals surface area contributed by atoms with Gasteiger partial charge >= 0.3 is 0 Å². The topological polar surface area (TPSA) is 35.6 Å². The van der Waals surface area contributed by atoms with Crippen molar-refractivity contribution in [2.24, 2.45) is 0 Å². The van der Waals surface area contributed by atoms with E-state index in [0.717, 1.165) is 38.9 Å². The van der Waals surface area contributed by atoms with E-state index in [2.05, 4.69) is 146 Å². The first-order valence-electron chi connectivity index (χ1n) is 17.0. The van der Waals surface area contributed by atoms with Crippen molar-refractivity contribution in [3.8, 4) is 11.4 Å². The maximum Gasteiger partial charge on any atom is 0.0974 e. The molecule has 0 amide bonds. The van der Waals surface area contributed by atoms with Crippen LogP contribution in [0.2, 0.25) is 0 Å². The molecule has 0 fully saturated rings. The normalized spacial score (nSPS) is 12.2. The highest BCUT2D eigenvalue weighted by Gasteiger charge is 2.18. The minimum Gasteiger partial charge on any atom is -0.309 e. The highest BCUT2D eigenvalue weighted by molar-refractivity contribution is 6.24. The molecule has 0 atom stereocenters. The second-order valence-electron chi connectivity index (χ2n) is 13.9. The van der Waals surface area contributed by atoms with Crippen molar-refractivity contribution >= 4 is 76.2 Å². The van der Waals surface area contributed by atoms with Gasteiger partial charge in [-0.25, -0.2) is 4.98 Å². The van der Waals surface area contributed by atoms with Crippen LogP contribution in [0.4, 0.5) is 0 Å². The Balaban J connectivity index is 1.32. The highest BCUT2D eigenvalue weighted by Crippen LogP contribution is 2.40. The Morgan fingerprint density at radius 2 is 0.755 bits per heavy atom. The number of aromatic nitrogens is 4. The Morgan fingerprint density at radius 3 is 1.16 bits per heavy atom. The smallest absolute Gasteiger partial charge is 0.0974 e. The fraction of sp³-hybridized carbons (Fsp3) is 0.111. The summed E-state index contributed by atoms with van der Waals surface area (Å²) in [5, 5.41) is 9.68. The Bertz CT molecular complexity index is 2930. The third kappa shape index (κ3) is 4.04. The zero-order chi connectivity index (χ0) is 33.1. The van der Waals surface area contributed by atoms with Crippen molar-refractivity contribution in [3.63, 3.8) is 0 Å². The van der Waals surface area contributed by atoms with Crippen LogP contribution in [-0.2, 0) is 0 Å². The van der Waals surface area contributed by atoms with Gasteiger partial charge < -0.3 is 9.13 Å². The van der Waals surface area contributed by atoms with Crippen LogP contribution < -0.4 is 0 Å². The summed E-state index contributed by atoms with van der Waals surface area (Å²) in [6.07, 6.45) is 1.88. The summed E-state index contributed by atoms with van der Waals surface area (Å²) >= 11 is 0. The molecule has 4 heteroatoms. The average molecular weight is 631 g/mol. The van der Waals surface area contributed by atoms with Gasteiger partial charge in [-0.3, -0.25) is 4.98 Å². The third-order valence-corrected chi connectivity index (χ3v) is 10.4. The summed E-state index contributed by atoms with van der Waals surface area (Å²) in [6, 6.07) is 40.9. The molecule has 0 bridgehead atoms. The molecule has 0 unspecified atom stereocenters. The minimum absolute atomic E-state index is 0.915. The molecule has 0 radical (unpaired) electrons. The van der Waals surface area contributed by atoms with Crippen molar-refractivity contribution < 1.29 is 0 Å². The lowest BCUT2D eigenvalue weighted by atomic mass is 9.98. The molecule has 10 rings (SSSR count). The monoisotopic (exact) mass is 630 g/mol. The molecule has 0 N–H and O–H groups in total. The number of benzene rings is 7. The van der Waals surface area contributed by atoms with E-state index in [0.29, 0.717) is 0 Å². The van der Waals surface area contributed by atoms with Crippen molar-refractivity contribution in [2.45, 2.75) is 34.6 Å². The first kappa shape index (κ1) is 28.1. The molecule has 0 aliphatic carbocycles. The number of aryl methyl sites for hydroxylation is 5. The van der Waals surface area contributed by atoms with Crippen LogP contribution in [0.1, 0.15) is 27.9 Å². The second-order valence-corrected chi connectivity index (χ2v) is 13.9. The van der Waals surface area contributed by atoms with E-state index in [1.54, 1.807) is 0 Å². The summed E-state index contributed by atoms with van der Waals surface area (Å²) in [4.78, 5) is 10.0. The van der Waals surface area contributed by atoms with Crippen LogP contribution in [0.3, 0.4) is 0 Å². The summed E-state index contributed by atoms with van der Waals surface area (Å²) in [7, 11) is 0. The second kappa shape index (κ2) is 10.0. The lowest BCUT2D eigenvalue weighted by Gasteiger charge is -2.15. The Kier molecular flexibility index (Phi) is 5.73. The molecule has 3 heterocycles. The SMILES string of the molecule is Cc1ccc2c(c1)c1cc(C)ccc1n2-c1ccc2c(c1)c1cc(-n3c4ccc(C)cc4c4cc(C)ccc43)ccc1c1nc(C)cnc21. The van der Waals surface area contributed by atoms with Crippen molar-refractivity contribution in [1.29, 1.82) is 0 Å². The van der Waals surface area contributed by atoms with Gasteiger partial charge in [0.2, 0.25) is 0 Å². The summed E-state index contributed by atoms with van der Waals surface area (Å²) < 4.78 is 4.84. The van der Waals surface area contributed by atoms with E-state index in [1.807, 2.05) is 13.1 Å². The lowest BCUT2D eigenvalue weighted by Crippen LogP contribution is -1.98. The number of rotatable bonds is 2. The fourth-order valence-corrected chi connectivity index (χ4v) is 8.12. The molecule has 3 aromatic heterocycles. The van der Waals surface area contributed by atoms with Gasteiger partial charge in [0.15, 0.2) is 0 Å². The van der Waals surface area contributed by atoms with Gasteiger partial charge in [0, 0.05) is 49.9 Å². The standard InChI is InChI=1S/C45H34N4/c1-25-6-14-40-36(18-25)37-19-26(2)7-15-41(37)48(40)30-10-12-32-34(22-30)35-23-31(11-13-33(35)45-44(32)46-24-29(5)47-45)49-42-16-8-27(3)20-38(42)39-21-28(4)9-17-43(39)49/h6-24H,1-5H3. The van der Waals surface area contributed by atoms with Gasteiger partial charge in [0.05, 0.1) is 38.8 Å². The molecule has 0 aliphatic rings. The first-order chi connectivity index (χ1) is 23.8. The highest BCUT2D eigenvalue weighted by atomic mass is 15.0. The summed E-state index contributed by atoms with van der Waals surface area (Å²) in [5.74, 6) is 0. The third-order valence-electron chi connectivity index (χ3n) is 10.4. The Morgan fingerprint density at radius 1 is 0.367 bits per heavy atom. The van der Waals surface area contributed by atoms with E-state index in [4.69, 9.17) is 9.97 Å². The lowest BCUT2D eigenvalue weighted by molar-refractivity contribution is 1.18. The molecule has 49 heavy (non-hydrogen) atoms. The van der Waals surface area contributed by atoms with Crippen molar-refractivity contribution in [3.05, 3.63) is 143 Å². The average Bonchev–Trinajstić information content (AvgIpc) is 3.59. The predicted molar refractivity (Wildman–Crippen MR) is 207 cm³/mol. The number of nitrogens with zero attached hydrogens (tertiary/aromatic N) is 4. The maximum absolute atomic E-state index is 5.06. The van der Waals surface area contributed by atoms with Crippen LogP contribution in [0.5, 0.6) is 0 Å². The van der Waals surface area contributed by atoms with E-state index < -0.39 is 0 Å².